The standard InChI is InChI=1S/C12H16ClNS/c1-2-8-15-9-7-14-10-11-5-3-4-6-12(11)13/h2-6,14H,1,7-10H2. The summed E-state index contributed by atoms with van der Waals surface area (Å²) in [7, 11) is 0. The molecular weight excluding hydrogens is 226 g/mol. The molecule has 1 aromatic rings. The molecular formula is C12H16ClNS. The van der Waals surface area contributed by atoms with E-state index in [0.717, 1.165) is 35.2 Å². The molecule has 0 unspecified atom stereocenters. The summed E-state index contributed by atoms with van der Waals surface area (Å²) in [5.41, 5.74) is 1.16. The first-order valence-corrected chi connectivity index (χ1v) is 6.50. The van der Waals surface area contributed by atoms with Gasteiger partial charge >= 0.3 is 0 Å². The summed E-state index contributed by atoms with van der Waals surface area (Å²) >= 11 is 7.91. The molecule has 1 aromatic carbocycles. The number of hydrogen-bond acceptors (Lipinski definition) is 2. The highest BCUT2D eigenvalue weighted by Crippen LogP contribution is 2.14. The lowest BCUT2D eigenvalue weighted by Gasteiger charge is -2.05. The van der Waals surface area contributed by atoms with E-state index in [2.05, 4.69) is 11.9 Å². The van der Waals surface area contributed by atoms with Gasteiger partial charge in [-0.3, -0.25) is 0 Å². The zero-order valence-electron chi connectivity index (χ0n) is 8.71. The van der Waals surface area contributed by atoms with E-state index in [1.54, 1.807) is 0 Å². The van der Waals surface area contributed by atoms with Crippen molar-refractivity contribution in [1.29, 1.82) is 0 Å². The molecule has 0 atom stereocenters. The van der Waals surface area contributed by atoms with Crippen molar-refractivity contribution in [2.24, 2.45) is 0 Å². The zero-order valence-corrected chi connectivity index (χ0v) is 10.3. The molecule has 0 aliphatic rings. The summed E-state index contributed by atoms with van der Waals surface area (Å²) in [6.45, 7) is 5.52. The van der Waals surface area contributed by atoms with Gasteiger partial charge in [0.15, 0.2) is 0 Å². The van der Waals surface area contributed by atoms with E-state index in [1.165, 1.54) is 0 Å². The molecule has 0 radical (unpaired) electrons. The molecule has 1 N–H and O–H groups in total. The number of halogens is 1. The Morgan fingerprint density at radius 3 is 2.93 bits per heavy atom. The predicted octanol–water partition coefficient (Wildman–Crippen LogP) is 3.35. The third-order valence-corrected chi connectivity index (χ3v) is 3.27. The fourth-order valence-electron chi connectivity index (χ4n) is 1.18. The van der Waals surface area contributed by atoms with Crippen LogP contribution in [0.2, 0.25) is 5.02 Å². The Morgan fingerprint density at radius 2 is 2.20 bits per heavy atom. The second-order valence-electron chi connectivity index (χ2n) is 3.13. The van der Waals surface area contributed by atoms with E-state index in [4.69, 9.17) is 11.6 Å². The van der Waals surface area contributed by atoms with Gasteiger partial charge in [0.25, 0.3) is 0 Å². The van der Waals surface area contributed by atoms with E-state index in [-0.39, 0.29) is 0 Å². The average molecular weight is 242 g/mol. The maximum Gasteiger partial charge on any atom is 0.0450 e. The van der Waals surface area contributed by atoms with Gasteiger partial charge in [0.05, 0.1) is 0 Å². The van der Waals surface area contributed by atoms with Gasteiger partial charge < -0.3 is 5.32 Å². The Hall–Kier alpha value is -0.440. The molecule has 0 fully saturated rings. The van der Waals surface area contributed by atoms with E-state index in [0.29, 0.717) is 0 Å². The van der Waals surface area contributed by atoms with Crippen LogP contribution in [0.4, 0.5) is 0 Å². The topological polar surface area (TPSA) is 12.0 Å². The van der Waals surface area contributed by atoms with Crippen molar-refractivity contribution in [2.75, 3.05) is 18.1 Å². The summed E-state index contributed by atoms with van der Waals surface area (Å²) in [5.74, 6) is 2.13. The Labute approximate surface area is 101 Å². The van der Waals surface area contributed by atoms with Crippen LogP contribution in [0, 0.1) is 0 Å². The third kappa shape index (κ3) is 5.26. The molecule has 0 spiro atoms. The van der Waals surface area contributed by atoms with E-state index < -0.39 is 0 Å². The molecule has 15 heavy (non-hydrogen) atoms. The lowest BCUT2D eigenvalue weighted by molar-refractivity contribution is 0.732. The number of rotatable bonds is 7. The first kappa shape index (κ1) is 12.6. The van der Waals surface area contributed by atoms with Crippen LogP contribution in [0.1, 0.15) is 5.56 Å². The molecule has 0 amide bonds. The van der Waals surface area contributed by atoms with Crippen LogP contribution in [0.3, 0.4) is 0 Å². The van der Waals surface area contributed by atoms with Crippen molar-refractivity contribution < 1.29 is 0 Å². The van der Waals surface area contributed by atoms with Crippen molar-refractivity contribution in [1.82, 2.24) is 5.32 Å². The van der Waals surface area contributed by atoms with Crippen LogP contribution in [0.5, 0.6) is 0 Å². The van der Waals surface area contributed by atoms with Crippen molar-refractivity contribution in [3.05, 3.63) is 47.5 Å². The minimum atomic E-state index is 0.837. The normalized spacial score (nSPS) is 10.2. The lowest BCUT2D eigenvalue weighted by atomic mass is 10.2. The third-order valence-electron chi connectivity index (χ3n) is 1.93. The van der Waals surface area contributed by atoms with Crippen LogP contribution >= 0.6 is 23.4 Å². The minimum Gasteiger partial charge on any atom is -0.312 e. The molecule has 0 heterocycles. The largest absolute Gasteiger partial charge is 0.312 e. The maximum absolute atomic E-state index is 6.03. The zero-order chi connectivity index (χ0) is 10.9. The fourth-order valence-corrected chi connectivity index (χ4v) is 2.00. The molecule has 0 bridgehead atoms. The molecule has 0 saturated carbocycles. The molecule has 1 nitrogen and oxygen atoms in total. The number of nitrogens with one attached hydrogen (secondary N) is 1. The van der Waals surface area contributed by atoms with Gasteiger partial charge in [-0.05, 0) is 11.6 Å². The van der Waals surface area contributed by atoms with Crippen LogP contribution in [0.15, 0.2) is 36.9 Å². The number of thioether (sulfide) groups is 1. The highest BCUT2D eigenvalue weighted by atomic mass is 35.5. The highest BCUT2D eigenvalue weighted by molar-refractivity contribution is 7.99. The summed E-state index contributed by atoms with van der Waals surface area (Å²) in [6.07, 6.45) is 1.93. The van der Waals surface area contributed by atoms with Crippen LogP contribution in [-0.2, 0) is 6.54 Å². The first-order chi connectivity index (χ1) is 7.34. The second-order valence-corrected chi connectivity index (χ2v) is 4.69. The van der Waals surface area contributed by atoms with Crippen LogP contribution in [0.25, 0.3) is 0 Å². The van der Waals surface area contributed by atoms with Gasteiger partial charge in [-0.1, -0.05) is 35.9 Å². The smallest absolute Gasteiger partial charge is 0.0450 e. The first-order valence-electron chi connectivity index (χ1n) is 4.97. The van der Waals surface area contributed by atoms with Crippen LogP contribution in [-0.4, -0.2) is 18.1 Å². The van der Waals surface area contributed by atoms with E-state index in [1.807, 2.05) is 42.1 Å². The number of hydrogen-bond donors (Lipinski definition) is 1. The van der Waals surface area contributed by atoms with Crippen molar-refractivity contribution in [2.45, 2.75) is 6.54 Å². The van der Waals surface area contributed by atoms with Gasteiger partial charge in [0.2, 0.25) is 0 Å². The molecule has 3 heteroatoms. The molecule has 0 aliphatic heterocycles. The summed E-state index contributed by atoms with van der Waals surface area (Å²) in [4.78, 5) is 0. The molecule has 0 saturated heterocycles. The predicted molar refractivity (Wildman–Crippen MR) is 70.7 cm³/mol. The SMILES string of the molecule is C=CCSCCNCc1ccccc1Cl. The molecule has 0 aromatic heterocycles. The van der Waals surface area contributed by atoms with Crippen molar-refractivity contribution >= 4 is 23.4 Å². The average Bonchev–Trinajstić information content (AvgIpc) is 2.25. The summed E-state index contributed by atoms with van der Waals surface area (Å²) < 4.78 is 0. The Morgan fingerprint density at radius 1 is 1.40 bits per heavy atom. The van der Waals surface area contributed by atoms with Gasteiger partial charge in [-0.15, -0.1) is 6.58 Å². The molecule has 82 valence electrons. The van der Waals surface area contributed by atoms with E-state index >= 15 is 0 Å². The second kappa shape index (κ2) is 7.80. The minimum absolute atomic E-state index is 0.837. The maximum atomic E-state index is 6.03. The Bertz CT molecular complexity index is 301. The summed E-state index contributed by atoms with van der Waals surface area (Å²) in [5, 5.41) is 4.20. The monoisotopic (exact) mass is 241 g/mol. The Balaban J connectivity index is 2.15. The lowest BCUT2D eigenvalue weighted by Crippen LogP contribution is -2.16. The molecule has 1 rings (SSSR count). The Kier molecular flexibility index (Phi) is 6.57. The van der Waals surface area contributed by atoms with Crippen molar-refractivity contribution in [3.8, 4) is 0 Å². The van der Waals surface area contributed by atoms with Gasteiger partial charge in [0, 0.05) is 29.6 Å². The van der Waals surface area contributed by atoms with Crippen molar-refractivity contribution in [3.63, 3.8) is 0 Å². The fraction of sp³-hybridized carbons (Fsp3) is 0.333. The molecule has 0 aliphatic carbocycles. The summed E-state index contributed by atoms with van der Waals surface area (Å²) in [6, 6.07) is 7.93. The highest BCUT2D eigenvalue weighted by Gasteiger charge is 1.97. The van der Waals surface area contributed by atoms with Gasteiger partial charge in [-0.2, -0.15) is 11.8 Å². The van der Waals surface area contributed by atoms with Gasteiger partial charge in [-0.25, -0.2) is 0 Å². The van der Waals surface area contributed by atoms with Gasteiger partial charge in [0.1, 0.15) is 0 Å². The quantitative estimate of drug-likeness (QED) is 0.581. The van der Waals surface area contributed by atoms with Crippen LogP contribution < -0.4 is 5.32 Å². The number of benzene rings is 1. The van der Waals surface area contributed by atoms with E-state index in [9.17, 15) is 0 Å².